The van der Waals surface area contributed by atoms with E-state index in [9.17, 15) is 24.0 Å². The van der Waals surface area contributed by atoms with Crippen LogP contribution in [0.2, 0.25) is 0 Å². The molecule has 3 N–H and O–H groups in total. The molecular formula is C10H16N2O5Si. The quantitative estimate of drug-likeness (QED) is 0.398. The molecule has 0 aromatic rings. The summed E-state index contributed by atoms with van der Waals surface area (Å²) in [4.78, 5) is 52.2. The maximum absolute atomic E-state index is 11.7. The summed E-state index contributed by atoms with van der Waals surface area (Å²) < 4.78 is 1.02. The molecule has 0 spiro atoms. The van der Waals surface area contributed by atoms with Crippen molar-refractivity contribution < 1.29 is 24.0 Å². The van der Waals surface area contributed by atoms with Gasteiger partial charge in [0.1, 0.15) is 6.04 Å². The number of carbonyl (C=O) groups excluding carboxylic acids is 2. The van der Waals surface area contributed by atoms with Crippen molar-refractivity contribution in [3.63, 3.8) is 0 Å². The molecule has 0 aliphatic carbocycles. The van der Waals surface area contributed by atoms with Crippen molar-refractivity contribution in [2.75, 3.05) is 19.6 Å². The van der Waals surface area contributed by atoms with Crippen molar-refractivity contribution in [2.45, 2.75) is 6.04 Å². The van der Waals surface area contributed by atoms with Crippen LogP contribution in [0.4, 0.5) is 0 Å². The molecule has 1 fully saturated rings. The Kier molecular flexibility index (Phi) is 4.54. The predicted molar refractivity (Wildman–Crippen MR) is 64.9 cm³/mol. The number of hydrogen-bond acceptors (Lipinski definition) is 6. The van der Waals surface area contributed by atoms with Crippen molar-refractivity contribution in [1.29, 1.82) is 0 Å². The van der Waals surface area contributed by atoms with Crippen LogP contribution in [0, 0.1) is 0 Å². The zero-order chi connectivity index (χ0) is 13.9. The Bertz CT molecular complexity index is 379. The average molecular weight is 272 g/mol. The van der Waals surface area contributed by atoms with Crippen LogP contribution in [-0.2, 0) is 9.59 Å². The number of rotatable bonds is 4. The van der Waals surface area contributed by atoms with Crippen LogP contribution in [0.3, 0.4) is 0 Å². The van der Waals surface area contributed by atoms with E-state index in [2.05, 4.69) is 13.2 Å². The van der Waals surface area contributed by atoms with Crippen molar-refractivity contribution in [2.24, 2.45) is 0 Å². The Balaban J connectivity index is 2.92. The van der Waals surface area contributed by atoms with Gasteiger partial charge in [0.2, 0.25) is 5.91 Å². The Labute approximate surface area is 106 Å². The van der Waals surface area contributed by atoms with Gasteiger partial charge in [-0.25, -0.2) is 0 Å². The van der Waals surface area contributed by atoms with Crippen LogP contribution in [0.25, 0.3) is 0 Å². The van der Waals surface area contributed by atoms with Gasteiger partial charge in [0.15, 0.2) is 5.78 Å². The van der Waals surface area contributed by atoms with Gasteiger partial charge < -0.3 is 19.3 Å². The molecule has 18 heavy (non-hydrogen) atoms. The fourth-order valence-corrected chi connectivity index (χ4v) is 2.63. The largest absolute Gasteiger partial charge is 0.591 e. The van der Waals surface area contributed by atoms with Crippen molar-refractivity contribution in [3.05, 3.63) is 25.3 Å². The van der Waals surface area contributed by atoms with Gasteiger partial charge in [0, 0.05) is 19.6 Å². The highest BCUT2D eigenvalue weighted by Gasteiger charge is 2.44. The minimum atomic E-state index is -4.45. The monoisotopic (exact) mass is 272 g/mol. The SMILES string of the molecule is C=CC(=O)C1CN([Si](O)(O)O)CCN1C(=O)C=C. The number of hydrogen-bond donors (Lipinski definition) is 3. The third kappa shape index (κ3) is 3.12. The Hall–Kier alpha value is -1.32. The summed E-state index contributed by atoms with van der Waals surface area (Å²) in [5, 5.41) is 0. The maximum Gasteiger partial charge on any atom is 0.591 e. The lowest BCUT2D eigenvalue weighted by atomic mass is 10.1. The van der Waals surface area contributed by atoms with E-state index in [1.165, 1.54) is 4.90 Å². The molecule has 0 saturated carbocycles. The maximum atomic E-state index is 11.7. The van der Waals surface area contributed by atoms with Crippen molar-refractivity contribution in [1.82, 2.24) is 9.47 Å². The smallest absolute Gasteiger partial charge is 0.377 e. The van der Waals surface area contributed by atoms with Gasteiger partial charge in [0.05, 0.1) is 0 Å². The second kappa shape index (κ2) is 5.55. The molecule has 1 aliphatic rings. The van der Waals surface area contributed by atoms with Crippen LogP contribution in [0.5, 0.6) is 0 Å². The first-order chi connectivity index (χ1) is 8.31. The van der Waals surface area contributed by atoms with E-state index in [1.54, 1.807) is 0 Å². The predicted octanol–water partition coefficient (Wildman–Crippen LogP) is -2.15. The van der Waals surface area contributed by atoms with Crippen LogP contribution in [0.1, 0.15) is 0 Å². The van der Waals surface area contributed by atoms with Crippen molar-refractivity contribution >= 4 is 20.7 Å². The standard InChI is InChI=1S/C10H16N2O5Si/c1-3-9(13)8-7-11(18(15,16)17)5-6-12(8)10(14)4-2/h3-4,8,15-17H,1-2,5-7H2. The molecule has 1 heterocycles. The molecular weight excluding hydrogens is 256 g/mol. The Morgan fingerprint density at radius 1 is 1.17 bits per heavy atom. The number of amides is 1. The summed E-state index contributed by atoms with van der Waals surface area (Å²) >= 11 is 0. The molecule has 1 amide bonds. The zero-order valence-electron chi connectivity index (χ0n) is 9.82. The first-order valence-electron chi connectivity index (χ1n) is 5.32. The lowest BCUT2D eigenvalue weighted by Crippen LogP contribution is -2.66. The molecule has 0 aromatic carbocycles. The van der Waals surface area contributed by atoms with Crippen LogP contribution < -0.4 is 0 Å². The molecule has 0 radical (unpaired) electrons. The fourth-order valence-electron chi connectivity index (χ4n) is 1.82. The van der Waals surface area contributed by atoms with E-state index in [0.29, 0.717) is 0 Å². The van der Waals surface area contributed by atoms with Crippen LogP contribution in [0.15, 0.2) is 25.3 Å². The molecule has 100 valence electrons. The highest BCUT2D eigenvalue weighted by atomic mass is 28.4. The molecule has 7 nitrogen and oxygen atoms in total. The molecule has 0 aromatic heterocycles. The first-order valence-corrected chi connectivity index (χ1v) is 7.11. The van der Waals surface area contributed by atoms with E-state index < -0.39 is 26.7 Å². The summed E-state index contributed by atoms with van der Waals surface area (Å²) in [5.41, 5.74) is 0. The van der Waals surface area contributed by atoms with Gasteiger partial charge in [-0.1, -0.05) is 13.2 Å². The van der Waals surface area contributed by atoms with E-state index in [0.717, 1.165) is 16.7 Å². The lowest BCUT2D eigenvalue weighted by molar-refractivity contribution is -0.137. The normalized spacial score (nSPS) is 21.5. The molecule has 0 bridgehead atoms. The minimum Gasteiger partial charge on any atom is -0.377 e. The summed E-state index contributed by atoms with van der Waals surface area (Å²) in [7, 11) is -4.45. The number of carbonyl (C=O) groups is 2. The highest BCUT2D eigenvalue weighted by molar-refractivity contribution is 6.53. The third-order valence-electron chi connectivity index (χ3n) is 2.79. The third-order valence-corrected chi connectivity index (χ3v) is 4.05. The summed E-state index contributed by atoms with van der Waals surface area (Å²) in [6, 6.07) is -0.889. The molecule has 1 atom stereocenters. The van der Waals surface area contributed by atoms with E-state index in [1.807, 2.05) is 0 Å². The number of ketones is 1. The van der Waals surface area contributed by atoms with Crippen molar-refractivity contribution in [3.8, 4) is 0 Å². The first kappa shape index (κ1) is 14.7. The fraction of sp³-hybridized carbons (Fsp3) is 0.400. The summed E-state index contributed by atoms with van der Waals surface area (Å²) in [5.74, 6) is -0.843. The second-order valence-corrected chi connectivity index (χ2v) is 5.74. The van der Waals surface area contributed by atoms with Gasteiger partial charge >= 0.3 is 8.97 Å². The minimum absolute atomic E-state index is 0.0796. The van der Waals surface area contributed by atoms with Gasteiger partial charge in [-0.2, -0.15) is 0 Å². The van der Waals surface area contributed by atoms with Gasteiger partial charge in [-0.3, -0.25) is 14.2 Å². The molecule has 1 rings (SSSR count). The summed E-state index contributed by atoms with van der Waals surface area (Å²) in [6.07, 6.45) is 2.15. The Morgan fingerprint density at radius 2 is 1.78 bits per heavy atom. The van der Waals surface area contributed by atoms with E-state index in [4.69, 9.17) is 0 Å². The van der Waals surface area contributed by atoms with Gasteiger partial charge in [0.25, 0.3) is 0 Å². The molecule has 1 aliphatic heterocycles. The van der Waals surface area contributed by atoms with Gasteiger partial charge in [-0.15, -0.1) is 0 Å². The highest BCUT2D eigenvalue weighted by Crippen LogP contribution is 2.14. The summed E-state index contributed by atoms with van der Waals surface area (Å²) in [6.45, 7) is 6.72. The zero-order valence-corrected chi connectivity index (χ0v) is 10.8. The van der Waals surface area contributed by atoms with E-state index >= 15 is 0 Å². The lowest BCUT2D eigenvalue weighted by Gasteiger charge is -2.41. The number of piperazine rings is 1. The number of nitrogens with zero attached hydrogens (tertiary/aromatic N) is 2. The Morgan fingerprint density at radius 3 is 2.22 bits per heavy atom. The molecule has 1 unspecified atom stereocenters. The molecule has 8 heteroatoms. The van der Waals surface area contributed by atoms with Crippen LogP contribution in [-0.4, -0.2) is 70.2 Å². The van der Waals surface area contributed by atoms with E-state index in [-0.39, 0.29) is 19.6 Å². The topological polar surface area (TPSA) is 101 Å². The average Bonchev–Trinajstić information content (AvgIpc) is 2.35. The van der Waals surface area contributed by atoms with Gasteiger partial charge in [-0.05, 0) is 12.2 Å². The van der Waals surface area contributed by atoms with Crippen LogP contribution >= 0.6 is 0 Å². The molecule has 1 saturated heterocycles. The second-order valence-electron chi connectivity index (χ2n) is 3.90.